The molecule has 2 amide bonds. The molecular formula is C15H26N2O3. The van der Waals surface area contributed by atoms with Crippen molar-refractivity contribution < 1.29 is 14.7 Å². The lowest BCUT2D eigenvalue weighted by Crippen LogP contribution is -2.46. The van der Waals surface area contributed by atoms with E-state index >= 15 is 0 Å². The monoisotopic (exact) mass is 282 g/mol. The summed E-state index contributed by atoms with van der Waals surface area (Å²) in [4.78, 5) is 26.0. The molecule has 0 aromatic carbocycles. The van der Waals surface area contributed by atoms with Crippen molar-refractivity contribution in [1.29, 1.82) is 0 Å². The van der Waals surface area contributed by atoms with E-state index in [2.05, 4.69) is 5.32 Å². The number of aliphatic hydroxyl groups excluding tert-OH is 1. The molecule has 1 saturated carbocycles. The van der Waals surface area contributed by atoms with E-state index in [9.17, 15) is 9.59 Å². The highest BCUT2D eigenvalue weighted by Crippen LogP contribution is 2.33. The van der Waals surface area contributed by atoms with E-state index in [1.54, 1.807) is 4.90 Å². The number of hydrogen-bond acceptors (Lipinski definition) is 3. The van der Waals surface area contributed by atoms with Gasteiger partial charge in [0.1, 0.15) is 6.04 Å². The SMILES string of the molecule is CC(CO)CCCNC(=O)C1CCCN1C(=O)C1CC1. The lowest BCUT2D eigenvalue weighted by Gasteiger charge is -2.24. The van der Waals surface area contributed by atoms with Gasteiger partial charge in [0.25, 0.3) is 0 Å². The molecule has 1 heterocycles. The van der Waals surface area contributed by atoms with Gasteiger partial charge in [-0.1, -0.05) is 6.92 Å². The number of nitrogens with one attached hydrogen (secondary N) is 1. The van der Waals surface area contributed by atoms with E-state index in [4.69, 9.17) is 5.11 Å². The van der Waals surface area contributed by atoms with Gasteiger partial charge in [0, 0.05) is 25.6 Å². The summed E-state index contributed by atoms with van der Waals surface area (Å²) in [7, 11) is 0. The van der Waals surface area contributed by atoms with Crippen LogP contribution in [-0.4, -0.2) is 47.6 Å². The lowest BCUT2D eigenvalue weighted by molar-refractivity contribution is -0.139. The van der Waals surface area contributed by atoms with Gasteiger partial charge in [-0.2, -0.15) is 0 Å². The molecule has 114 valence electrons. The predicted molar refractivity (Wildman–Crippen MR) is 76.0 cm³/mol. The third kappa shape index (κ3) is 3.95. The molecule has 2 aliphatic rings. The van der Waals surface area contributed by atoms with Gasteiger partial charge in [0.05, 0.1) is 0 Å². The fraction of sp³-hybridized carbons (Fsp3) is 0.867. The van der Waals surface area contributed by atoms with Crippen LogP contribution in [0.1, 0.15) is 45.4 Å². The minimum atomic E-state index is -0.252. The molecule has 0 radical (unpaired) electrons. The first-order valence-corrected chi connectivity index (χ1v) is 7.82. The molecule has 2 rings (SSSR count). The second-order valence-electron chi connectivity index (χ2n) is 6.18. The zero-order valence-electron chi connectivity index (χ0n) is 12.3. The third-order valence-corrected chi connectivity index (χ3v) is 4.25. The molecule has 2 fully saturated rings. The van der Waals surface area contributed by atoms with Gasteiger partial charge in [0.2, 0.25) is 11.8 Å². The normalized spacial score (nSPS) is 23.7. The van der Waals surface area contributed by atoms with Gasteiger partial charge in [-0.25, -0.2) is 0 Å². The molecule has 0 aromatic heterocycles. The molecule has 1 saturated heterocycles. The van der Waals surface area contributed by atoms with Crippen molar-refractivity contribution in [3.05, 3.63) is 0 Å². The standard InChI is InChI=1S/C15H26N2O3/c1-11(10-18)4-2-8-16-14(19)13-5-3-9-17(13)15(20)12-6-7-12/h11-13,18H,2-10H2,1H3,(H,16,19). The fourth-order valence-electron chi connectivity index (χ4n) is 2.74. The average Bonchev–Trinajstić information content (AvgIpc) is 3.19. The number of amides is 2. The maximum Gasteiger partial charge on any atom is 0.242 e. The van der Waals surface area contributed by atoms with Crippen molar-refractivity contribution in [3.8, 4) is 0 Å². The highest BCUT2D eigenvalue weighted by atomic mass is 16.3. The maximum atomic E-state index is 12.2. The van der Waals surface area contributed by atoms with Crippen molar-refractivity contribution in [2.75, 3.05) is 19.7 Å². The van der Waals surface area contributed by atoms with E-state index in [0.717, 1.165) is 45.1 Å². The van der Waals surface area contributed by atoms with E-state index in [0.29, 0.717) is 6.54 Å². The molecule has 1 aliphatic carbocycles. The summed E-state index contributed by atoms with van der Waals surface area (Å²) in [6, 6.07) is -0.252. The minimum absolute atomic E-state index is 0.00634. The number of likely N-dealkylation sites (tertiary alicyclic amines) is 1. The summed E-state index contributed by atoms with van der Waals surface area (Å²) in [6.07, 6.45) is 5.48. The zero-order valence-corrected chi connectivity index (χ0v) is 12.3. The van der Waals surface area contributed by atoms with Crippen LogP contribution < -0.4 is 5.32 Å². The Kier molecular flexibility index (Phi) is 5.40. The van der Waals surface area contributed by atoms with E-state index in [-0.39, 0.29) is 36.3 Å². The average molecular weight is 282 g/mol. The van der Waals surface area contributed by atoms with Crippen molar-refractivity contribution in [1.82, 2.24) is 10.2 Å². The first-order valence-electron chi connectivity index (χ1n) is 7.82. The van der Waals surface area contributed by atoms with Crippen LogP contribution in [0.2, 0.25) is 0 Å². The second kappa shape index (κ2) is 7.07. The molecule has 1 aliphatic heterocycles. The third-order valence-electron chi connectivity index (χ3n) is 4.25. The maximum absolute atomic E-state index is 12.2. The highest BCUT2D eigenvalue weighted by Gasteiger charge is 2.40. The molecule has 2 N–H and O–H groups in total. The van der Waals surface area contributed by atoms with E-state index in [1.165, 1.54) is 0 Å². The van der Waals surface area contributed by atoms with Crippen LogP contribution in [-0.2, 0) is 9.59 Å². The Hall–Kier alpha value is -1.10. The summed E-state index contributed by atoms with van der Waals surface area (Å²) >= 11 is 0. The van der Waals surface area contributed by atoms with Gasteiger partial charge in [-0.05, 0) is 44.4 Å². The Labute approximate surface area is 120 Å². The number of carbonyl (C=O) groups is 2. The summed E-state index contributed by atoms with van der Waals surface area (Å²) in [5.41, 5.74) is 0. The first-order chi connectivity index (χ1) is 9.63. The molecule has 0 aromatic rings. The minimum Gasteiger partial charge on any atom is -0.396 e. The molecule has 5 nitrogen and oxygen atoms in total. The summed E-state index contributed by atoms with van der Waals surface area (Å²) in [5.74, 6) is 0.643. The van der Waals surface area contributed by atoms with Crippen molar-refractivity contribution in [2.24, 2.45) is 11.8 Å². The van der Waals surface area contributed by atoms with Crippen LogP contribution in [0.3, 0.4) is 0 Å². The molecule has 0 bridgehead atoms. The quantitative estimate of drug-likeness (QED) is 0.682. The van der Waals surface area contributed by atoms with Crippen LogP contribution in [0.15, 0.2) is 0 Å². The van der Waals surface area contributed by atoms with Crippen molar-refractivity contribution >= 4 is 11.8 Å². The molecular weight excluding hydrogens is 256 g/mol. The van der Waals surface area contributed by atoms with Gasteiger partial charge in [-0.15, -0.1) is 0 Å². The largest absolute Gasteiger partial charge is 0.396 e. The van der Waals surface area contributed by atoms with Crippen LogP contribution in [0.4, 0.5) is 0 Å². The molecule has 2 atom stereocenters. The van der Waals surface area contributed by atoms with Gasteiger partial charge in [-0.3, -0.25) is 9.59 Å². The highest BCUT2D eigenvalue weighted by molar-refractivity contribution is 5.89. The Morgan fingerprint density at radius 1 is 1.35 bits per heavy atom. The number of hydrogen-bond donors (Lipinski definition) is 2. The Morgan fingerprint density at radius 2 is 2.10 bits per heavy atom. The molecule has 5 heteroatoms. The van der Waals surface area contributed by atoms with Crippen LogP contribution in [0.5, 0.6) is 0 Å². The van der Waals surface area contributed by atoms with Crippen LogP contribution in [0, 0.1) is 11.8 Å². The van der Waals surface area contributed by atoms with E-state index < -0.39 is 0 Å². The number of aliphatic hydroxyl groups is 1. The van der Waals surface area contributed by atoms with Gasteiger partial charge >= 0.3 is 0 Å². The fourth-order valence-corrected chi connectivity index (χ4v) is 2.74. The van der Waals surface area contributed by atoms with Crippen molar-refractivity contribution in [2.45, 2.75) is 51.5 Å². The van der Waals surface area contributed by atoms with Crippen LogP contribution >= 0.6 is 0 Å². The second-order valence-corrected chi connectivity index (χ2v) is 6.18. The number of carbonyl (C=O) groups excluding carboxylic acids is 2. The van der Waals surface area contributed by atoms with Gasteiger partial charge < -0.3 is 15.3 Å². The molecule has 20 heavy (non-hydrogen) atoms. The summed E-state index contributed by atoms with van der Waals surface area (Å²) < 4.78 is 0. The number of nitrogens with zero attached hydrogens (tertiary/aromatic N) is 1. The summed E-state index contributed by atoms with van der Waals surface area (Å²) in [6.45, 7) is 3.55. The molecule has 2 unspecified atom stereocenters. The predicted octanol–water partition coefficient (Wildman–Crippen LogP) is 0.912. The molecule has 0 spiro atoms. The van der Waals surface area contributed by atoms with Gasteiger partial charge in [0.15, 0.2) is 0 Å². The first kappa shape index (κ1) is 15.3. The zero-order chi connectivity index (χ0) is 14.5. The van der Waals surface area contributed by atoms with E-state index in [1.807, 2.05) is 6.92 Å². The lowest BCUT2D eigenvalue weighted by atomic mass is 10.1. The summed E-state index contributed by atoms with van der Waals surface area (Å²) in [5, 5.41) is 11.9. The topological polar surface area (TPSA) is 69.6 Å². The number of rotatable bonds is 7. The Bertz CT molecular complexity index is 355. The smallest absolute Gasteiger partial charge is 0.242 e. The Morgan fingerprint density at radius 3 is 2.75 bits per heavy atom. The van der Waals surface area contributed by atoms with Crippen molar-refractivity contribution in [3.63, 3.8) is 0 Å². The van der Waals surface area contributed by atoms with Crippen LogP contribution in [0.25, 0.3) is 0 Å². The Balaban J connectivity index is 1.72.